The molecule has 126 valence electrons. The summed E-state index contributed by atoms with van der Waals surface area (Å²) in [5.74, 6) is 1.01. The third kappa shape index (κ3) is 5.70. The molecule has 0 atom stereocenters. The number of carbonyl (C=O) groups is 1. The van der Waals surface area contributed by atoms with E-state index in [-0.39, 0.29) is 12.5 Å². The Bertz CT molecular complexity index is 704. The third-order valence-electron chi connectivity index (χ3n) is 2.97. The molecule has 0 saturated heterocycles. The molecule has 2 rings (SSSR count). The summed E-state index contributed by atoms with van der Waals surface area (Å²) in [6.07, 6.45) is 2.48. The molecule has 1 N–H and O–H groups in total. The van der Waals surface area contributed by atoms with E-state index >= 15 is 0 Å². The molecule has 0 unspecified atom stereocenters. The topological polar surface area (TPSA) is 59.9 Å². The summed E-state index contributed by atoms with van der Waals surface area (Å²) in [7, 11) is 0. The smallest absolute Gasteiger partial charge is 0.277 e. The predicted octanol–water partition coefficient (Wildman–Crippen LogP) is 3.77. The molecular weight excluding hydrogens is 372 g/mol. The Morgan fingerprint density at radius 1 is 1.12 bits per heavy atom. The van der Waals surface area contributed by atoms with E-state index in [1.165, 1.54) is 0 Å². The molecule has 0 aromatic heterocycles. The number of benzene rings is 2. The molecule has 0 fully saturated rings. The molecule has 6 heteroatoms. The van der Waals surface area contributed by atoms with E-state index in [4.69, 9.17) is 9.47 Å². The number of ether oxygens (including phenoxy) is 2. The molecule has 0 spiro atoms. The first-order valence-corrected chi connectivity index (χ1v) is 8.41. The zero-order valence-corrected chi connectivity index (χ0v) is 15.0. The van der Waals surface area contributed by atoms with Crippen molar-refractivity contribution >= 4 is 28.1 Å². The Hall–Kier alpha value is -2.34. The van der Waals surface area contributed by atoms with E-state index in [0.717, 1.165) is 22.2 Å². The van der Waals surface area contributed by atoms with Crippen LogP contribution in [-0.4, -0.2) is 25.3 Å². The largest absolute Gasteiger partial charge is 0.493 e. The van der Waals surface area contributed by atoms with Crippen molar-refractivity contribution in [2.24, 2.45) is 5.10 Å². The van der Waals surface area contributed by atoms with Gasteiger partial charge in [-0.15, -0.1) is 0 Å². The lowest BCUT2D eigenvalue weighted by Gasteiger charge is -2.08. The van der Waals surface area contributed by atoms with Crippen LogP contribution in [-0.2, 0) is 4.79 Å². The second kappa shape index (κ2) is 9.72. The zero-order valence-electron chi connectivity index (χ0n) is 13.4. The fourth-order valence-corrected chi connectivity index (χ4v) is 2.24. The molecule has 0 aliphatic rings. The number of nitrogens with one attached hydrogen (secondary N) is 1. The summed E-state index contributed by atoms with van der Waals surface area (Å²) in [4.78, 5) is 11.8. The first-order valence-electron chi connectivity index (χ1n) is 7.61. The summed E-state index contributed by atoms with van der Waals surface area (Å²) in [6.45, 7) is 2.56. The van der Waals surface area contributed by atoms with Crippen LogP contribution in [0, 0.1) is 0 Å². The van der Waals surface area contributed by atoms with E-state index in [2.05, 4.69) is 26.5 Å². The van der Waals surface area contributed by atoms with Crippen LogP contribution in [0.5, 0.6) is 11.5 Å². The number of hydrazone groups is 1. The van der Waals surface area contributed by atoms with Gasteiger partial charge in [0.25, 0.3) is 5.91 Å². The maximum atomic E-state index is 11.8. The summed E-state index contributed by atoms with van der Waals surface area (Å²) >= 11 is 3.36. The van der Waals surface area contributed by atoms with E-state index in [1.807, 2.05) is 49.4 Å². The Morgan fingerprint density at radius 2 is 1.83 bits per heavy atom. The molecule has 2 aromatic carbocycles. The summed E-state index contributed by atoms with van der Waals surface area (Å²) in [6, 6.07) is 14.9. The summed E-state index contributed by atoms with van der Waals surface area (Å²) < 4.78 is 11.8. The number of carbonyl (C=O) groups excluding carboxylic acids is 1. The fraction of sp³-hybridized carbons (Fsp3) is 0.222. The molecule has 24 heavy (non-hydrogen) atoms. The number of hydrogen-bond donors (Lipinski definition) is 1. The first kappa shape index (κ1) is 18.0. The van der Waals surface area contributed by atoms with Gasteiger partial charge in [0.05, 0.1) is 17.3 Å². The maximum Gasteiger partial charge on any atom is 0.277 e. The number of hydrogen-bond acceptors (Lipinski definition) is 4. The van der Waals surface area contributed by atoms with Crippen molar-refractivity contribution in [1.82, 2.24) is 5.43 Å². The number of amides is 1. The Kier molecular flexibility index (Phi) is 7.29. The average Bonchev–Trinajstić information content (AvgIpc) is 2.60. The average molecular weight is 391 g/mol. The highest BCUT2D eigenvalue weighted by Crippen LogP contribution is 2.23. The van der Waals surface area contributed by atoms with E-state index < -0.39 is 0 Å². The minimum atomic E-state index is -0.339. The molecule has 0 radical (unpaired) electrons. The Labute approximate surface area is 149 Å². The molecule has 0 aliphatic heterocycles. The number of rotatable bonds is 8. The van der Waals surface area contributed by atoms with E-state index in [0.29, 0.717) is 12.4 Å². The number of halogens is 1. The Morgan fingerprint density at radius 3 is 2.58 bits per heavy atom. The van der Waals surface area contributed by atoms with Crippen LogP contribution in [0.1, 0.15) is 18.9 Å². The monoisotopic (exact) mass is 390 g/mol. The minimum absolute atomic E-state index is 0.117. The van der Waals surface area contributed by atoms with Crippen molar-refractivity contribution in [2.45, 2.75) is 13.3 Å². The van der Waals surface area contributed by atoms with E-state index in [9.17, 15) is 4.79 Å². The lowest BCUT2D eigenvalue weighted by atomic mass is 10.2. The van der Waals surface area contributed by atoms with Crippen molar-refractivity contribution in [3.05, 3.63) is 58.6 Å². The second-order valence-electron chi connectivity index (χ2n) is 4.90. The molecule has 0 saturated carbocycles. The third-order valence-corrected chi connectivity index (χ3v) is 3.62. The SMILES string of the molecule is CCCOc1ccccc1/C=N\NC(=O)COc1ccccc1Br. The summed E-state index contributed by atoms with van der Waals surface area (Å²) in [5.41, 5.74) is 3.24. The molecule has 0 bridgehead atoms. The molecule has 0 aliphatic carbocycles. The molecule has 5 nitrogen and oxygen atoms in total. The fourth-order valence-electron chi connectivity index (χ4n) is 1.84. The van der Waals surface area contributed by atoms with Crippen LogP contribution in [0.3, 0.4) is 0 Å². The van der Waals surface area contributed by atoms with Gasteiger partial charge in [-0.2, -0.15) is 5.10 Å². The summed E-state index contributed by atoms with van der Waals surface area (Å²) in [5, 5.41) is 3.95. The predicted molar refractivity (Wildman–Crippen MR) is 97.6 cm³/mol. The van der Waals surface area contributed by atoms with Crippen molar-refractivity contribution in [3.63, 3.8) is 0 Å². The van der Waals surface area contributed by atoms with Crippen LogP contribution in [0.25, 0.3) is 0 Å². The molecule has 1 amide bonds. The van der Waals surface area contributed by atoms with Gasteiger partial charge in [0.15, 0.2) is 6.61 Å². The Balaban J connectivity index is 1.85. The standard InChI is InChI=1S/C18H19BrN2O3/c1-2-11-23-16-9-5-3-7-14(16)12-20-21-18(22)13-24-17-10-6-4-8-15(17)19/h3-10,12H,2,11,13H2,1H3,(H,21,22)/b20-12-. The zero-order chi connectivity index (χ0) is 17.2. The first-order chi connectivity index (χ1) is 11.7. The maximum absolute atomic E-state index is 11.8. The van der Waals surface area contributed by atoms with Gasteiger partial charge in [0, 0.05) is 5.56 Å². The molecule has 0 heterocycles. The van der Waals surface area contributed by atoms with Crippen molar-refractivity contribution < 1.29 is 14.3 Å². The normalized spacial score (nSPS) is 10.6. The van der Waals surface area contributed by atoms with Gasteiger partial charge >= 0.3 is 0 Å². The van der Waals surface area contributed by atoms with Crippen molar-refractivity contribution in [3.8, 4) is 11.5 Å². The van der Waals surface area contributed by atoms with Gasteiger partial charge < -0.3 is 9.47 Å². The van der Waals surface area contributed by atoms with Gasteiger partial charge in [0.2, 0.25) is 0 Å². The lowest BCUT2D eigenvalue weighted by molar-refractivity contribution is -0.123. The van der Waals surface area contributed by atoms with Gasteiger partial charge in [-0.25, -0.2) is 5.43 Å². The van der Waals surface area contributed by atoms with Crippen LogP contribution in [0.15, 0.2) is 58.1 Å². The van der Waals surface area contributed by atoms with Gasteiger partial charge in [-0.3, -0.25) is 4.79 Å². The van der Waals surface area contributed by atoms with Gasteiger partial charge in [-0.05, 0) is 46.6 Å². The quantitative estimate of drug-likeness (QED) is 0.551. The molecular formula is C18H19BrN2O3. The highest BCUT2D eigenvalue weighted by Gasteiger charge is 2.04. The minimum Gasteiger partial charge on any atom is -0.493 e. The second-order valence-corrected chi connectivity index (χ2v) is 5.75. The van der Waals surface area contributed by atoms with Crippen molar-refractivity contribution in [2.75, 3.05) is 13.2 Å². The molecule has 2 aromatic rings. The van der Waals surface area contributed by atoms with Crippen LogP contribution >= 0.6 is 15.9 Å². The number of nitrogens with zero attached hydrogens (tertiary/aromatic N) is 1. The lowest BCUT2D eigenvalue weighted by Crippen LogP contribution is -2.24. The van der Waals surface area contributed by atoms with Gasteiger partial charge in [0.1, 0.15) is 11.5 Å². The van der Waals surface area contributed by atoms with E-state index in [1.54, 1.807) is 12.3 Å². The van der Waals surface area contributed by atoms with Gasteiger partial charge in [-0.1, -0.05) is 31.2 Å². The number of para-hydroxylation sites is 2. The van der Waals surface area contributed by atoms with Crippen molar-refractivity contribution in [1.29, 1.82) is 0 Å². The van der Waals surface area contributed by atoms with Crippen LogP contribution < -0.4 is 14.9 Å². The van der Waals surface area contributed by atoms with Crippen LogP contribution in [0.4, 0.5) is 0 Å². The highest BCUT2D eigenvalue weighted by molar-refractivity contribution is 9.10. The van der Waals surface area contributed by atoms with Crippen LogP contribution in [0.2, 0.25) is 0 Å². The highest BCUT2D eigenvalue weighted by atomic mass is 79.9.